The normalized spacial score (nSPS) is 35.5. The van der Waals surface area contributed by atoms with Gasteiger partial charge in [0.05, 0.1) is 17.0 Å². The van der Waals surface area contributed by atoms with E-state index in [-0.39, 0.29) is 30.0 Å². The molecule has 3 heterocycles. The summed E-state index contributed by atoms with van der Waals surface area (Å²) in [6, 6.07) is 2.68. The van der Waals surface area contributed by atoms with Crippen LogP contribution in [0, 0.1) is 34.8 Å². The van der Waals surface area contributed by atoms with E-state index in [1.807, 2.05) is 0 Å². The molecule has 7 nitrogen and oxygen atoms in total. The van der Waals surface area contributed by atoms with Crippen LogP contribution in [0.5, 0.6) is 0 Å². The van der Waals surface area contributed by atoms with Gasteiger partial charge in [-0.15, -0.1) is 0 Å². The van der Waals surface area contributed by atoms with Crippen LogP contribution in [0.3, 0.4) is 0 Å². The molecule has 31 heavy (non-hydrogen) atoms. The first-order chi connectivity index (χ1) is 14.7. The fourth-order valence-electron chi connectivity index (χ4n) is 5.92. The van der Waals surface area contributed by atoms with Crippen molar-refractivity contribution in [2.45, 2.75) is 73.6 Å². The molecule has 10 heteroatoms. The summed E-state index contributed by atoms with van der Waals surface area (Å²) in [6.07, 6.45) is 3.69. The van der Waals surface area contributed by atoms with Crippen LogP contribution in [0.15, 0.2) is 23.1 Å². The maximum absolute atomic E-state index is 13.6. The van der Waals surface area contributed by atoms with E-state index in [4.69, 9.17) is 5.73 Å². The van der Waals surface area contributed by atoms with Crippen molar-refractivity contribution in [1.82, 2.24) is 9.21 Å². The van der Waals surface area contributed by atoms with Crippen LogP contribution in [-0.2, 0) is 14.8 Å². The Hall–Kier alpha value is -2.09. The Labute approximate surface area is 179 Å². The zero-order valence-corrected chi connectivity index (χ0v) is 17.6. The summed E-state index contributed by atoms with van der Waals surface area (Å²) < 4.78 is 54.9. The Morgan fingerprint density at radius 1 is 1.10 bits per heavy atom. The number of sulfonamides is 1. The van der Waals surface area contributed by atoms with E-state index >= 15 is 0 Å². The fraction of sp³-hybridized carbons (Fsp3) is 0.619. The van der Waals surface area contributed by atoms with Gasteiger partial charge >= 0.3 is 0 Å². The summed E-state index contributed by atoms with van der Waals surface area (Å²) in [6.45, 7) is 0. The first kappa shape index (κ1) is 20.8. The highest BCUT2D eigenvalue weighted by Crippen LogP contribution is 2.49. The van der Waals surface area contributed by atoms with Crippen LogP contribution < -0.4 is 5.73 Å². The standard InChI is InChI=1S/C21H24F2N4O3S/c22-13-7-14(23)9-18(8-13)31(29,30)27-15-1-2-16(27)5-12(4-15)20(25)21(28)26-17(10-24)3-11-6-19(11)26/h7-9,11-12,15-17,19-20H,1-6,25H2/t11-,12?,15?,16?,17+,19+,20+/m1/s1. The Morgan fingerprint density at radius 3 is 2.29 bits per heavy atom. The Bertz CT molecular complexity index is 1040. The summed E-state index contributed by atoms with van der Waals surface area (Å²) in [7, 11) is -4.07. The number of benzene rings is 1. The monoisotopic (exact) mass is 450 g/mol. The average molecular weight is 451 g/mol. The summed E-state index contributed by atoms with van der Waals surface area (Å²) in [5.74, 6) is -1.90. The minimum absolute atomic E-state index is 0.114. The molecular weight excluding hydrogens is 426 g/mol. The van der Waals surface area contributed by atoms with E-state index in [0.29, 0.717) is 44.1 Å². The lowest BCUT2D eigenvalue weighted by atomic mass is 9.85. The predicted octanol–water partition coefficient (Wildman–Crippen LogP) is 1.74. The van der Waals surface area contributed by atoms with Crippen molar-refractivity contribution < 1.29 is 22.0 Å². The molecule has 1 amide bonds. The molecule has 2 N–H and O–H groups in total. The molecular formula is C21H24F2N4O3S. The maximum atomic E-state index is 13.6. The lowest BCUT2D eigenvalue weighted by Crippen LogP contribution is -2.55. The molecule has 0 aromatic heterocycles. The number of amides is 1. The molecule has 4 aliphatic rings. The van der Waals surface area contributed by atoms with Gasteiger partial charge in [-0.25, -0.2) is 17.2 Å². The van der Waals surface area contributed by atoms with Gasteiger partial charge in [0, 0.05) is 24.2 Å². The molecule has 1 aromatic rings. The molecule has 3 saturated heterocycles. The van der Waals surface area contributed by atoms with Crippen LogP contribution in [0.25, 0.3) is 0 Å². The third-order valence-corrected chi connectivity index (χ3v) is 9.40. The lowest BCUT2D eigenvalue weighted by Gasteiger charge is -2.40. The van der Waals surface area contributed by atoms with Crippen LogP contribution >= 0.6 is 0 Å². The largest absolute Gasteiger partial charge is 0.322 e. The van der Waals surface area contributed by atoms with Gasteiger partial charge in [0.1, 0.15) is 17.7 Å². The second kappa shape index (κ2) is 7.22. The van der Waals surface area contributed by atoms with E-state index in [2.05, 4.69) is 6.07 Å². The number of carbonyl (C=O) groups is 1. The van der Waals surface area contributed by atoms with Crippen molar-refractivity contribution in [3.63, 3.8) is 0 Å². The second-order valence-corrected chi connectivity index (χ2v) is 11.1. The highest BCUT2D eigenvalue weighted by Gasteiger charge is 2.56. The van der Waals surface area contributed by atoms with E-state index in [0.717, 1.165) is 18.6 Å². The topological polar surface area (TPSA) is 108 Å². The van der Waals surface area contributed by atoms with Gasteiger partial charge in [-0.1, -0.05) is 0 Å². The van der Waals surface area contributed by atoms with E-state index in [9.17, 15) is 27.3 Å². The summed E-state index contributed by atoms with van der Waals surface area (Å²) in [5.41, 5.74) is 6.36. The number of nitriles is 1. The van der Waals surface area contributed by atoms with Gasteiger partial charge in [0.15, 0.2) is 0 Å². The first-order valence-corrected chi connectivity index (χ1v) is 12.1. The molecule has 2 unspecified atom stereocenters. The number of hydrogen-bond acceptors (Lipinski definition) is 5. The molecule has 2 bridgehead atoms. The third kappa shape index (κ3) is 3.34. The number of nitrogens with two attached hydrogens (primary N) is 1. The number of nitrogens with zero attached hydrogens (tertiary/aromatic N) is 3. The number of halogens is 2. The number of fused-ring (bicyclic) bond motifs is 3. The van der Waals surface area contributed by atoms with Crippen molar-refractivity contribution in [2.75, 3.05) is 0 Å². The van der Waals surface area contributed by atoms with Crippen LogP contribution in [0.2, 0.25) is 0 Å². The van der Waals surface area contributed by atoms with Gasteiger partial charge in [-0.2, -0.15) is 9.57 Å². The van der Waals surface area contributed by atoms with Crippen molar-refractivity contribution in [3.05, 3.63) is 29.8 Å². The quantitative estimate of drug-likeness (QED) is 0.752. The molecule has 166 valence electrons. The van der Waals surface area contributed by atoms with Crippen LogP contribution in [0.4, 0.5) is 8.78 Å². The number of carbonyl (C=O) groups excluding carboxylic acids is 1. The van der Waals surface area contributed by atoms with Gasteiger partial charge in [0.2, 0.25) is 15.9 Å². The van der Waals surface area contributed by atoms with Gasteiger partial charge in [0.25, 0.3) is 0 Å². The lowest BCUT2D eigenvalue weighted by molar-refractivity contribution is -0.135. The second-order valence-electron chi connectivity index (χ2n) is 9.27. The smallest absolute Gasteiger partial charge is 0.243 e. The molecule has 1 aliphatic carbocycles. The van der Waals surface area contributed by atoms with Crippen LogP contribution in [0.1, 0.15) is 38.5 Å². The zero-order chi connectivity index (χ0) is 22.1. The summed E-state index contributed by atoms with van der Waals surface area (Å²) in [4.78, 5) is 14.3. The maximum Gasteiger partial charge on any atom is 0.243 e. The zero-order valence-electron chi connectivity index (χ0n) is 16.8. The Morgan fingerprint density at radius 2 is 1.71 bits per heavy atom. The average Bonchev–Trinajstić information content (AvgIpc) is 3.30. The summed E-state index contributed by atoms with van der Waals surface area (Å²) in [5, 5.41) is 9.37. The van der Waals surface area contributed by atoms with Gasteiger partial charge < -0.3 is 10.6 Å². The predicted molar refractivity (Wildman–Crippen MR) is 106 cm³/mol. The third-order valence-electron chi connectivity index (χ3n) is 7.41. The number of likely N-dealkylation sites (tertiary alicyclic amines) is 1. The Kier molecular flexibility index (Phi) is 4.84. The number of piperidine rings is 2. The highest BCUT2D eigenvalue weighted by molar-refractivity contribution is 7.89. The Balaban J connectivity index is 1.34. The minimum Gasteiger partial charge on any atom is -0.322 e. The highest BCUT2D eigenvalue weighted by atomic mass is 32.2. The molecule has 5 rings (SSSR count). The first-order valence-electron chi connectivity index (χ1n) is 10.7. The van der Waals surface area contributed by atoms with Gasteiger partial charge in [-0.05, 0) is 62.5 Å². The molecule has 4 fully saturated rings. The fourth-order valence-corrected chi connectivity index (χ4v) is 7.86. The van der Waals surface area contributed by atoms with Crippen molar-refractivity contribution >= 4 is 15.9 Å². The summed E-state index contributed by atoms with van der Waals surface area (Å²) >= 11 is 0. The molecule has 6 atom stereocenters. The number of hydrogen-bond donors (Lipinski definition) is 1. The van der Waals surface area contributed by atoms with E-state index in [1.165, 1.54) is 4.31 Å². The molecule has 0 radical (unpaired) electrons. The van der Waals surface area contributed by atoms with Crippen LogP contribution in [-0.4, -0.2) is 53.7 Å². The molecule has 3 aliphatic heterocycles. The SMILES string of the molecule is N#C[C@@H]1C[C@@H]2C[C@@H]2N1C(=O)[C@@H](N)C1CC2CCC(C1)N2S(=O)(=O)c1cc(F)cc(F)c1. The minimum atomic E-state index is -4.07. The van der Waals surface area contributed by atoms with Crippen molar-refractivity contribution in [2.24, 2.45) is 17.6 Å². The molecule has 1 saturated carbocycles. The van der Waals surface area contributed by atoms with Gasteiger partial charge in [-0.3, -0.25) is 4.79 Å². The van der Waals surface area contributed by atoms with E-state index in [1.54, 1.807) is 4.90 Å². The van der Waals surface area contributed by atoms with Crippen molar-refractivity contribution in [3.8, 4) is 6.07 Å². The number of rotatable bonds is 4. The molecule has 0 spiro atoms. The molecule has 1 aromatic carbocycles. The van der Waals surface area contributed by atoms with E-state index < -0.39 is 38.6 Å². The van der Waals surface area contributed by atoms with Crippen molar-refractivity contribution in [1.29, 1.82) is 5.26 Å².